The van der Waals surface area contributed by atoms with E-state index in [4.69, 9.17) is 5.73 Å². The van der Waals surface area contributed by atoms with Crippen molar-refractivity contribution in [3.63, 3.8) is 0 Å². The number of benzene rings is 1. The van der Waals surface area contributed by atoms with Crippen molar-refractivity contribution in [2.45, 2.75) is 25.3 Å². The maximum absolute atomic E-state index is 12.1. The van der Waals surface area contributed by atoms with Gasteiger partial charge in [-0.2, -0.15) is 0 Å². The Labute approximate surface area is 108 Å². The van der Waals surface area contributed by atoms with Gasteiger partial charge in [-0.3, -0.25) is 4.79 Å². The van der Waals surface area contributed by atoms with Crippen LogP contribution in [0.5, 0.6) is 0 Å². The molecular formula is C13H19ClN2O. The monoisotopic (exact) mass is 254 g/mol. The van der Waals surface area contributed by atoms with Gasteiger partial charge in [0.1, 0.15) is 6.04 Å². The predicted molar refractivity (Wildman–Crippen MR) is 71.0 cm³/mol. The molecule has 0 aliphatic carbocycles. The molecule has 1 aromatic carbocycles. The first kappa shape index (κ1) is 14.0. The van der Waals surface area contributed by atoms with Crippen LogP contribution in [0.25, 0.3) is 0 Å². The fourth-order valence-electron chi connectivity index (χ4n) is 2.11. The summed E-state index contributed by atoms with van der Waals surface area (Å²) in [7, 11) is 0. The van der Waals surface area contributed by atoms with E-state index in [9.17, 15) is 4.79 Å². The summed E-state index contributed by atoms with van der Waals surface area (Å²) in [5.41, 5.74) is 6.88. The summed E-state index contributed by atoms with van der Waals surface area (Å²) in [6.45, 7) is 1.72. The molecule has 1 aliphatic rings. The van der Waals surface area contributed by atoms with Crippen LogP contribution in [0, 0.1) is 0 Å². The van der Waals surface area contributed by atoms with Gasteiger partial charge in [-0.05, 0) is 24.8 Å². The molecule has 4 heteroatoms. The van der Waals surface area contributed by atoms with Crippen LogP contribution in [0.4, 0.5) is 0 Å². The number of nitrogens with two attached hydrogens (primary N) is 1. The zero-order chi connectivity index (χ0) is 11.4. The lowest BCUT2D eigenvalue weighted by atomic mass is 10.0. The molecule has 0 bridgehead atoms. The van der Waals surface area contributed by atoms with E-state index in [1.54, 1.807) is 0 Å². The van der Waals surface area contributed by atoms with Crippen molar-refractivity contribution in [3.05, 3.63) is 35.9 Å². The highest BCUT2D eigenvalue weighted by Gasteiger charge is 2.23. The summed E-state index contributed by atoms with van der Waals surface area (Å²) in [6.07, 6.45) is 3.44. The first-order valence-electron chi connectivity index (χ1n) is 5.88. The molecule has 0 spiro atoms. The van der Waals surface area contributed by atoms with Gasteiger partial charge in [-0.15, -0.1) is 12.4 Å². The number of rotatable bonds is 2. The van der Waals surface area contributed by atoms with E-state index in [1.165, 1.54) is 6.42 Å². The third-order valence-electron chi connectivity index (χ3n) is 3.09. The van der Waals surface area contributed by atoms with Crippen LogP contribution in [0.1, 0.15) is 30.9 Å². The van der Waals surface area contributed by atoms with Crippen LogP contribution >= 0.6 is 12.4 Å². The summed E-state index contributed by atoms with van der Waals surface area (Å²) in [5, 5.41) is 0. The second-order valence-corrected chi connectivity index (χ2v) is 4.27. The van der Waals surface area contributed by atoms with E-state index in [0.717, 1.165) is 31.5 Å². The number of carbonyl (C=O) groups is 1. The summed E-state index contributed by atoms with van der Waals surface area (Å²) in [5.74, 6) is 0.0610. The van der Waals surface area contributed by atoms with Crippen molar-refractivity contribution >= 4 is 18.3 Å². The molecule has 1 heterocycles. The third-order valence-corrected chi connectivity index (χ3v) is 3.09. The van der Waals surface area contributed by atoms with Crippen molar-refractivity contribution in [3.8, 4) is 0 Å². The van der Waals surface area contributed by atoms with Gasteiger partial charge in [-0.25, -0.2) is 0 Å². The van der Waals surface area contributed by atoms with Gasteiger partial charge in [0.15, 0.2) is 0 Å². The smallest absolute Gasteiger partial charge is 0.244 e. The third kappa shape index (κ3) is 3.45. The highest BCUT2D eigenvalue weighted by Crippen LogP contribution is 2.16. The minimum absolute atomic E-state index is 0. The first-order valence-corrected chi connectivity index (χ1v) is 5.88. The summed E-state index contributed by atoms with van der Waals surface area (Å²) < 4.78 is 0. The molecule has 0 unspecified atom stereocenters. The number of likely N-dealkylation sites (tertiary alicyclic amines) is 1. The Bertz CT molecular complexity index is 350. The second-order valence-electron chi connectivity index (χ2n) is 4.27. The highest BCUT2D eigenvalue weighted by atomic mass is 35.5. The first-order chi connectivity index (χ1) is 7.79. The van der Waals surface area contributed by atoms with Crippen LogP contribution in [0.2, 0.25) is 0 Å². The van der Waals surface area contributed by atoms with Gasteiger partial charge < -0.3 is 10.6 Å². The lowest BCUT2D eigenvalue weighted by Gasteiger charge is -2.29. The number of carbonyl (C=O) groups excluding carboxylic acids is 1. The Hall–Kier alpha value is -1.06. The maximum Gasteiger partial charge on any atom is 0.244 e. The molecule has 2 N–H and O–H groups in total. The SMILES string of the molecule is Cl.N[C@H](C(=O)N1CCCCC1)c1ccccc1. The van der Waals surface area contributed by atoms with Crippen LogP contribution < -0.4 is 5.73 Å². The normalized spacial score (nSPS) is 17.1. The summed E-state index contributed by atoms with van der Waals surface area (Å²) in [4.78, 5) is 14.0. The topological polar surface area (TPSA) is 46.3 Å². The van der Waals surface area contributed by atoms with E-state index in [-0.39, 0.29) is 18.3 Å². The van der Waals surface area contributed by atoms with Crippen molar-refractivity contribution in [1.29, 1.82) is 0 Å². The molecule has 1 atom stereocenters. The molecular weight excluding hydrogens is 236 g/mol. The Balaban J connectivity index is 0.00000144. The zero-order valence-corrected chi connectivity index (χ0v) is 10.7. The predicted octanol–water partition coefficient (Wildman–Crippen LogP) is 2.12. The molecule has 1 aromatic rings. The van der Waals surface area contributed by atoms with Gasteiger partial charge in [-0.1, -0.05) is 30.3 Å². The number of amides is 1. The quantitative estimate of drug-likeness (QED) is 0.879. The lowest BCUT2D eigenvalue weighted by molar-refractivity contribution is -0.133. The van der Waals surface area contributed by atoms with Crippen molar-refractivity contribution < 1.29 is 4.79 Å². The minimum Gasteiger partial charge on any atom is -0.341 e. The van der Waals surface area contributed by atoms with Gasteiger partial charge in [0.25, 0.3) is 0 Å². The van der Waals surface area contributed by atoms with Crippen molar-refractivity contribution in [2.24, 2.45) is 5.73 Å². The van der Waals surface area contributed by atoms with E-state index in [1.807, 2.05) is 35.2 Å². The Morgan fingerprint density at radius 2 is 1.71 bits per heavy atom. The number of nitrogens with zero attached hydrogens (tertiary/aromatic N) is 1. The van der Waals surface area contributed by atoms with E-state index < -0.39 is 6.04 Å². The van der Waals surface area contributed by atoms with E-state index >= 15 is 0 Å². The molecule has 1 saturated heterocycles. The standard InChI is InChI=1S/C13H18N2O.ClH/c14-12(11-7-3-1-4-8-11)13(16)15-9-5-2-6-10-15;/h1,3-4,7-8,12H,2,5-6,9-10,14H2;1H/t12-;/m0./s1. The molecule has 1 fully saturated rings. The van der Waals surface area contributed by atoms with Gasteiger partial charge in [0, 0.05) is 13.1 Å². The highest BCUT2D eigenvalue weighted by molar-refractivity contribution is 5.85. The molecule has 3 nitrogen and oxygen atoms in total. The van der Waals surface area contributed by atoms with Crippen LogP contribution in [-0.4, -0.2) is 23.9 Å². The molecule has 1 amide bonds. The largest absolute Gasteiger partial charge is 0.341 e. The fourth-order valence-corrected chi connectivity index (χ4v) is 2.11. The Morgan fingerprint density at radius 1 is 1.12 bits per heavy atom. The summed E-state index contributed by atoms with van der Waals surface area (Å²) in [6, 6.07) is 9.08. The van der Waals surface area contributed by atoms with Crippen LogP contribution in [0.15, 0.2) is 30.3 Å². The average molecular weight is 255 g/mol. The minimum atomic E-state index is -0.501. The Morgan fingerprint density at radius 3 is 2.29 bits per heavy atom. The maximum atomic E-state index is 12.1. The molecule has 0 radical (unpaired) electrons. The molecule has 1 aliphatic heterocycles. The molecule has 0 aromatic heterocycles. The number of halogens is 1. The van der Waals surface area contributed by atoms with Gasteiger partial charge in [0.05, 0.1) is 0 Å². The lowest BCUT2D eigenvalue weighted by Crippen LogP contribution is -2.41. The average Bonchev–Trinajstić information content (AvgIpc) is 2.39. The zero-order valence-electron chi connectivity index (χ0n) is 9.84. The van der Waals surface area contributed by atoms with Crippen molar-refractivity contribution in [1.82, 2.24) is 4.90 Å². The number of hydrogen-bond donors (Lipinski definition) is 1. The van der Waals surface area contributed by atoms with E-state index in [2.05, 4.69) is 0 Å². The van der Waals surface area contributed by atoms with Gasteiger partial charge >= 0.3 is 0 Å². The fraction of sp³-hybridized carbons (Fsp3) is 0.462. The summed E-state index contributed by atoms with van der Waals surface area (Å²) >= 11 is 0. The number of hydrogen-bond acceptors (Lipinski definition) is 2. The number of piperidine rings is 1. The Kier molecular flexibility index (Phi) is 5.45. The van der Waals surface area contributed by atoms with Crippen molar-refractivity contribution in [2.75, 3.05) is 13.1 Å². The van der Waals surface area contributed by atoms with Crippen LogP contribution in [-0.2, 0) is 4.79 Å². The molecule has 94 valence electrons. The van der Waals surface area contributed by atoms with Gasteiger partial charge in [0.2, 0.25) is 5.91 Å². The molecule has 0 saturated carbocycles. The molecule has 17 heavy (non-hydrogen) atoms. The molecule has 2 rings (SSSR count). The second kappa shape index (κ2) is 6.62. The van der Waals surface area contributed by atoms with Crippen LogP contribution in [0.3, 0.4) is 0 Å². The van der Waals surface area contributed by atoms with E-state index in [0.29, 0.717) is 0 Å².